The number of halogens is 2. The quantitative estimate of drug-likeness (QED) is 0.899. The van der Waals surface area contributed by atoms with Gasteiger partial charge in [0.2, 0.25) is 0 Å². The molecule has 1 aromatic rings. The molecule has 5 heteroatoms. The standard InChI is InChI=1S/C13H21Cl2N3/c1-8(13(2,3)4)18(6)12-10(15)7-9(14)11(16-5)17-12/h7-8H,1-6H3,(H,16,17). The first-order chi connectivity index (χ1) is 8.18. The van der Waals surface area contributed by atoms with Crippen LogP contribution in [0.3, 0.4) is 0 Å². The topological polar surface area (TPSA) is 28.2 Å². The average molecular weight is 290 g/mol. The first-order valence-corrected chi connectivity index (χ1v) is 6.70. The predicted octanol–water partition coefficient (Wildman–Crippen LogP) is 4.30. The van der Waals surface area contributed by atoms with Crippen molar-refractivity contribution in [1.82, 2.24) is 4.98 Å². The van der Waals surface area contributed by atoms with Crippen LogP contribution in [-0.4, -0.2) is 25.1 Å². The Kier molecular flexibility index (Phi) is 4.73. The normalized spacial score (nSPS) is 13.3. The summed E-state index contributed by atoms with van der Waals surface area (Å²) in [5.74, 6) is 1.39. The van der Waals surface area contributed by atoms with Crippen molar-refractivity contribution in [1.29, 1.82) is 0 Å². The van der Waals surface area contributed by atoms with Crippen LogP contribution in [-0.2, 0) is 0 Å². The Morgan fingerprint density at radius 2 is 1.83 bits per heavy atom. The van der Waals surface area contributed by atoms with Gasteiger partial charge in [-0.1, -0.05) is 44.0 Å². The first-order valence-electron chi connectivity index (χ1n) is 5.95. The van der Waals surface area contributed by atoms with Gasteiger partial charge in [0, 0.05) is 20.1 Å². The molecule has 0 aliphatic carbocycles. The molecule has 1 aromatic heterocycles. The molecule has 0 aliphatic rings. The van der Waals surface area contributed by atoms with Crippen LogP contribution in [0.15, 0.2) is 6.07 Å². The Morgan fingerprint density at radius 1 is 1.28 bits per heavy atom. The maximum absolute atomic E-state index is 6.23. The minimum Gasteiger partial charge on any atom is -0.372 e. The molecule has 0 aromatic carbocycles. The van der Waals surface area contributed by atoms with E-state index < -0.39 is 0 Å². The Balaban J connectivity index is 3.17. The molecule has 0 radical (unpaired) electrons. The highest BCUT2D eigenvalue weighted by molar-refractivity contribution is 6.37. The zero-order valence-electron chi connectivity index (χ0n) is 11.8. The number of nitrogens with one attached hydrogen (secondary N) is 1. The van der Waals surface area contributed by atoms with E-state index in [0.29, 0.717) is 21.9 Å². The van der Waals surface area contributed by atoms with Gasteiger partial charge in [-0.2, -0.15) is 0 Å². The van der Waals surface area contributed by atoms with Gasteiger partial charge in [0.05, 0.1) is 10.0 Å². The monoisotopic (exact) mass is 289 g/mol. The summed E-state index contributed by atoms with van der Waals surface area (Å²) in [6.45, 7) is 8.73. The SMILES string of the molecule is CNc1nc(N(C)C(C)C(C)(C)C)c(Cl)cc1Cl. The van der Waals surface area contributed by atoms with Gasteiger partial charge in [-0.05, 0) is 18.4 Å². The molecule has 0 saturated carbocycles. The molecule has 0 amide bonds. The molecule has 1 heterocycles. The summed E-state index contributed by atoms with van der Waals surface area (Å²) in [5.41, 5.74) is 0.138. The van der Waals surface area contributed by atoms with Gasteiger partial charge < -0.3 is 10.2 Å². The lowest BCUT2D eigenvalue weighted by atomic mass is 9.87. The van der Waals surface area contributed by atoms with Crippen molar-refractivity contribution in [3.63, 3.8) is 0 Å². The maximum atomic E-state index is 6.23. The van der Waals surface area contributed by atoms with Gasteiger partial charge in [0.25, 0.3) is 0 Å². The maximum Gasteiger partial charge on any atom is 0.149 e. The van der Waals surface area contributed by atoms with Gasteiger partial charge in [-0.3, -0.25) is 0 Å². The predicted molar refractivity (Wildman–Crippen MR) is 81.1 cm³/mol. The third-order valence-electron chi connectivity index (χ3n) is 3.32. The fraction of sp³-hybridized carbons (Fsp3) is 0.615. The Morgan fingerprint density at radius 3 is 2.28 bits per heavy atom. The van der Waals surface area contributed by atoms with E-state index in [1.807, 2.05) is 7.05 Å². The molecular weight excluding hydrogens is 269 g/mol. The lowest BCUT2D eigenvalue weighted by Gasteiger charge is -2.36. The van der Waals surface area contributed by atoms with E-state index in [-0.39, 0.29) is 5.41 Å². The number of rotatable bonds is 3. The molecule has 0 fully saturated rings. The summed E-state index contributed by atoms with van der Waals surface area (Å²) < 4.78 is 0. The molecule has 1 N–H and O–H groups in total. The van der Waals surface area contributed by atoms with Crippen molar-refractivity contribution in [3.05, 3.63) is 16.1 Å². The molecule has 0 bridgehead atoms. The van der Waals surface area contributed by atoms with Gasteiger partial charge in [-0.15, -0.1) is 0 Å². The third-order valence-corrected chi connectivity index (χ3v) is 3.88. The van der Waals surface area contributed by atoms with E-state index in [4.69, 9.17) is 23.2 Å². The van der Waals surface area contributed by atoms with Crippen LogP contribution in [0.2, 0.25) is 10.0 Å². The third kappa shape index (κ3) is 3.21. The molecule has 102 valence electrons. The van der Waals surface area contributed by atoms with Crippen molar-refractivity contribution in [2.45, 2.75) is 33.7 Å². The minimum atomic E-state index is 0.138. The van der Waals surface area contributed by atoms with E-state index in [2.05, 4.69) is 42.9 Å². The zero-order valence-corrected chi connectivity index (χ0v) is 13.3. The second kappa shape index (κ2) is 5.54. The van der Waals surface area contributed by atoms with E-state index in [1.54, 1.807) is 13.1 Å². The molecule has 0 spiro atoms. The van der Waals surface area contributed by atoms with Crippen molar-refractivity contribution >= 4 is 34.8 Å². The lowest BCUT2D eigenvalue weighted by Crippen LogP contribution is -2.40. The summed E-state index contributed by atoms with van der Waals surface area (Å²) in [7, 11) is 3.79. The zero-order chi connectivity index (χ0) is 14.1. The summed E-state index contributed by atoms with van der Waals surface area (Å²) in [5, 5.41) is 4.06. The highest BCUT2D eigenvalue weighted by atomic mass is 35.5. The average Bonchev–Trinajstić information content (AvgIpc) is 2.26. The second-order valence-electron chi connectivity index (χ2n) is 5.53. The van der Waals surface area contributed by atoms with Crippen LogP contribution in [0.4, 0.5) is 11.6 Å². The van der Waals surface area contributed by atoms with E-state index in [9.17, 15) is 0 Å². The summed E-state index contributed by atoms with van der Waals surface area (Å²) in [4.78, 5) is 6.56. The molecule has 1 unspecified atom stereocenters. The first kappa shape index (κ1) is 15.4. The van der Waals surface area contributed by atoms with Gasteiger partial charge in [0.1, 0.15) is 11.6 Å². The van der Waals surface area contributed by atoms with Crippen molar-refractivity contribution < 1.29 is 0 Å². The van der Waals surface area contributed by atoms with E-state index in [1.165, 1.54) is 0 Å². The van der Waals surface area contributed by atoms with Crippen LogP contribution in [0.1, 0.15) is 27.7 Å². The van der Waals surface area contributed by atoms with Crippen molar-refractivity contribution in [2.75, 3.05) is 24.3 Å². The van der Waals surface area contributed by atoms with Crippen LogP contribution < -0.4 is 10.2 Å². The van der Waals surface area contributed by atoms with Gasteiger partial charge >= 0.3 is 0 Å². The van der Waals surface area contributed by atoms with Crippen molar-refractivity contribution in [2.24, 2.45) is 5.41 Å². The summed E-state index contributed by atoms with van der Waals surface area (Å²) >= 11 is 12.3. The van der Waals surface area contributed by atoms with E-state index in [0.717, 1.165) is 5.82 Å². The Bertz CT molecular complexity index is 427. The fourth-order valence-corrected chi connectivity index (χ4v) is 2.23. The molecule has 1 atom stereocenters. The molecule has 0 saturated heterocycles. The lowest BCUT2D eigenvalue weighted by molar-refractivity contribution is 0.328. The Labute approximate surface area is 119 Å². The van der Waals surface area contributed by atoms with Crippen LogP contribution in [0, 0.1) is 5.41 Å². The number of anilines is 2. The number of nitrogens with zero attached hydrogens (tertiary/aromatic N) is 2. The van der Waals surface area contributed by atoms with E-state index >= 15 is 0 Å². The molecule has 3 nitrogen and oxygen atoms in total. The molecular formula is C13H21Cl2N3. The largest absolute Gasteiger partial charge is 0.372 e. The number of pyridine rings is 1. The van der Waals surface area contributed by atoms with Crippen molar-refractivity contribution in [3.8, 4) is 0 Å². The van der Waals surface area contributed by atoms with Crippen LogP contribution in [0.5, 0.6) is 0 Å². The highest BCUT2D eigenvalue weighted by Crippen LogP contribution is 2.34. The van der Waals surface area contributed by atoms with Crippen LogP contribution in [0.25, 0.3) is 0 Å². The summed E-state index contributed by atoms with van der Waals surface area (Å²) in [6, 6.07) is 2.02. The van der Waals surface area contributed by atoms with Gasteiger partial charge in [0.15, 0.2) is 0 Å². The fourth-order valence-electron chi connectivity index (χ4n) is 1.64. The smallest absolute Gasteiger partial charge is 0.149 e. The molecule has 1 rings (SSSR count). The van der Waals surface area contributed by atoms with Crippen LogP contribution >= 0.6 is 23.2 Å². The molecule has 0 aliphatic heterocycles. The second-order valence-corrected chi connectivity index (χ2v) is 6.34. The Hall–Kier alpha value is -0.670. The number of aromatic nitrogens is 1. The highest BCUT2D eigenvalue weighted by Gasteiger charge is 2.26. The van der Waals surface area contributed by atoms with Gasteiger partial charge in [-0.25, -0.2) is 4.98 Å². The molecule has 18 heavy (non-hydrogen) atoms. The minimum absolute atomic E-state index is 0.138. The summed E-state index contributed by atoms with van der Waals surface area (Å²) in [6.07, 6.45) is 0. The number of hydrogen-bond acceptors (Lipinski definition) is 3. The number of hydrogen-bond donors (Lipinski definition) is 1.